The summed E-state index contributed by atoms with van der Waals surface area (Å²) in [6.45, 7) is 4.10. The van der Waals surface area contributed by atoms with Gasteiger partial charge in [0.05, 0.1) is 17.9 Å². The lowest BCUT2D eigenvalue weighted by molar-refractivity contribution is -0.125. The molecule has 1 aliphatic rings. The van der Waals surface area contributed by atoms with E-state index in [1.54, 1.807) is 24.0 Å². The van der Waals surface area contributed by atoms with Gasteiger partial charge in [-0.25, -0.2) is 0 Å². The smallest absolute Gasteiger partial charge is 0.268 e. The number of anilines is 2. The third-order valence-corrected chi connectivity index (χ3v) is 3.46. The second-order valence-electron chi connectivity index (χ2n) is 5.18. The summed E-state index contributed by atoms with van der Waals surface area (Å²) >= 11 is 0. The van der Waals surface area contributed by atoms with Gasteiger partial charge in [0.1, 0.15) is 5.75 Å². The van der Waals surface area contributed by atoms with E-state index >= 15 is 0 Å². The summed E-state index contributed by atoms with van der Waals surface area (Å²) in [4.78, 5) is 18.6. The van der Waals surface area contributed by atoms with Gasteiger partial charge in [-0.05, 0) is 38.1 Å². The summed E-state index contributed by atoms with van der Waals surface area (Å²) in [6.07, 6.45) is -0.524. The molecule has 2 aromatic rings. The molecule has 1 aromatic carbocycles. The van der Waals surface area contributed by atoms with E-state index in [9.17, 15) is 4.79 Å². The van der Waals surface area contributed by atoms with Gasteiger partial charge >= 0.3 is 0 Å². The van der Waals surface area contributed by atoms with Gasteiger partial charge in [0.25, 0.3) is 5.91 Å². The van der Waals surface area contributed by atoms with Crippen LogP contribution < -0.4 is 15.4 Å². The quantitative estimate of drug-likeness (QED) is 0.859. The molecule has 0 saturated heterocycles. The Morgan fingerprint density at radius 2 is 2.14 bits per heavy atom. The van der Waals surface area contributed by atoms with E-state index in [0.29, 0.717) is 18.0 Å². The van der Waals surface area contributed by atoms with E-state index in [2.05, 4.69) is 4.98 Å². The molecule has 1 aromatic heterocycles. The van der Waals surface area contributed by atoms with Gasteiger partial charge in [0.15, 0.2) is 6.10 Å². The average molecular weight is 283 g/mol. The van der Waals surface area contributed by atoms with Crippen molar-refractivity contribution in [3.8, 4) is 5.75 Å². The van der Waals surface area contributed by atoms with Crippen LogP contribution in [-0.2, 0) is 11.3 Å². The van der Waals surface area contributed by atoms with E-state index in [0.717, 1.165) is 17.1 Å². The number of nitrogens with zero attached hydrogens (tertiary/aromatic N) is 2. The van der Waals surface area contributed by atoms with Gasteiger partial charge in [0.2, 0.25) is 0 Å². The van der Waals surface area contributed by atoms with E-state index in [1.807, 2.05) is 31.2 Å². The van der Waals surface area contributed by atoms with Crippen LogP contribution in [0.15, 0.2) is 36.4 Å². The van der Waals surface area contributed by atoms with Gasteiger partial charge in [-0.1, -0.05) is 6.07 Å². The Bertz CT molecular complexity index is 700. The molecule has 0 fully saturated rings. The largest absolute Gasteiger partial charge is 0.479 e. The lowest BCUT2D eigenvalue weighted by atomic mass is 10.1. The van der Waals surface area contributed by atoms with Crippen LogP contribution in [0.5, 0.6) is 5.75 Å². The number of amides is 1. The van der Waals surface area contributed by atoms with Gasteiger partial charge < -0.3 is 10.5 Å². The molecule has 0 aliphatic carbocycles. The first-order valence-electron chi connectivity index (χ1n) is 6.84. The molecule has 21 heavy (non-hydrogen) atoms. The fraction of sp³-hybridized carbons (Fsp3) is 0.250. The van der Waals surface area contributed by atoms with Crippen molar-refractivity contribution in [3.05, 3.63) is 47.8 Å². The van der Waals surface area contributed by atoms with Crippen LogP contribution in [0.4, 0.5) is 11.4 Å². The minimum absolute atomic E-state index is 0.0735. The molecule has 0 saturated carbocycles. The van der Waals surface area contributed by atoms with E-state index in [1.165, 1.54) is 0 Å². The van der Waals surface area contributed by atoms with Gasteiger partial charge in [-0.3, -0.25) is 14.7 Å². The van der Waals surface area contributed by atoms with Crippen LogP contribution in [-0.4, -0.2) is 17.0 Å². The second kappa shape index (κ2) is 5.09. The zero-order valence-corrected chi connectivity index (χ0v) is 12.0. The molecule has 0 spiro atoms. The summed E-state index contributed by atoms with van der Waals surface area (Å²) in [5.41, 5.74) is 8.91. The van der Waals surface area contributed by atoms with Crippen molar-refractivity contribution in [3.63, 3.8) is 0 Å². The fourth-order valence-electron chi connectivity index (χ4n) is 2.44. The highest BCUT2D eigenvalue weighted by Gasteiger charge is 2.31. The predicted molar refractivity (Wildman–Crippen MR) is 81.1 cm³/mol. The Kier molecular flexibility index (Phi) is 3.25. The summed E-state index contributed by atoms with van der Waals surface area (Å²) in [7, 11) is 0. The summed E-state index contributed by atoms with van der Waals surface area (Å²) in [5.74, 6) is 0.560. The summed E-state index contributed by atoms with van der Waals surface area (Å²) in [5, 5.41) is 0. The number of aryl methyl sites for hydroxylation is 1. The molecule has 1 atom stereocenters. The number of hydrogen-bond donors (Lipinski definition) is 1. The Morgan fingerprint density at radius 1 is 1.33 bits per heavy atom. The molecule has 108 valence electrons. The molecule has 1 unspecified atom stereocenters. The number of aromatic nitrogens is 1. The maximum Gasteiger partial charge on any atom is 0.268 e. The average Bonchev–Trinajstić information content (AvgIpc) is 2.44. The van der Waals surface area contributed by atoms with Crippen molar-refractivity contribution >= 4 is 17.3 Å². The zero-order chi connectivity index (χ0) is 15.0. The molecule has 0 bridgehead atoms. The first-order valence-corrected chi connectivity index (χ1v) is 6.84. The van der Waals surface area contributed by atoms with Crippen molar-refractivity contribution in [2.24, 2.45) is 0 Å². The van der Waals surface area contributed by atoms with Crippen molar-refractivity contribution in [1.29, 1.82) is 0 Å². The van der Waals surface area contributed by atoms with Gasteiger partial charge in [-0.15, -0.1) is 0 Å². The number of ether oxygens (including phenoxy) is 1. The minimum atomic E-state index is -0.524. The highest BCUT2D eigenvalue weighted by atomic mass is 16.5. The number of nitrogen functional groups attached to an aromatic ring is 1. The summed E-state index contributed by atoms with van der Waals surface area (Å²) in [6, 6.07) is 11.1. The third kappa shape index (κ3) is 2.54. The maximum absolute atomic E-state index is 12.4. The van der Waals surface area contributed by atoms with E-state index in [4.69, 9.17) is 10.5 Å². The Balaban J connectivity index is 1.99. The Morgan fingerprint density at radius 3 is 2.90 bits per heavy atom. The number of rotatable bonds is 2. The molecule has 1 amide bonds. The van der Waals surface area contributed by atoms with E-state index < -0.39 is 6.10 Å². The summed E-state index contributed by atoms with van der Waals surface area (Å²) < 4.78 is 5.62. The van der Waals surface area contributed by atoms with Crippen LogP contribution in [0.25, 0.3) is 0 Å². The van der Waals surface area contributed by atoms with Crippen LogP contribution in [0.3, 0.4) is 0 Å². The van der Waals surface area contributed by atoms with Crippen molar-refractivity contribution in [2.75, 3.05) is 10.6 Å². The van der Waals surface area contributed by atoms with Crippen molar-refractivity contribution in [1.82, 2.24) is 4.98 Å². The van der Waals surface area contributed by atoms with Crippen molar-refractivity contribution in [2.45, 2.75) is 26.5 Å². The van der Waals surface area contributed by atoms with Crippen LogP contribution in [0, 0.1) is 6.92 Å². The number of benzene rings is 1. The number of hydrogen-bond acceptors (Lipinski definition) is 4. The number of fused-ring (bicyclic) bond motifs is 1. The van der Waals surface area contributed by atoms with Gasteiger partial charge in [0, 0.05) is 17.4 Å². The Hall–Kier alpha value is -2.56. The highest BCUT2D eigenvalue weighted by Crippen LogP contribution is 2.36. The maximum atomic E-state index is 12.4. The molecular formula is C16H17N3O2. The first-order chi connectivity index (χ1) is 10.0. The first kappa shape index (κ1) is 13.4. The highest BCUT2D eigenvalue weighted by molar-refractivity contribution is 5.99. The molecule has 2 N–H and O–H groups in total. The van der Waals surface area contributed by atoms with Crippen molar-refractivity contribution < 1.29 is 9.53 Å². The number of pyridine rings is 1. The van der Waals surface area contributed by atoms with Crippen LogP contribution in [0.1, 0.15) is 18.3 Å². The molecular weight excluding hydrogens is 266 g/mol. The molecule has 3 rings (SSSR count). The third-order valence-electron chi connectivity index (χ3n) is 3.46. The molecule has 2 heterocycles. The number of carbonyl (C=O) groups is 1. The molecule has 5 heteroatoms. The second-order valence-corrected chi connectivity index (χ2v) is 5.18. The van der Waals surface area contributed by atoms with Gasteiger partial charge in [-0.2, -0.15) is 0 Å². The topological polar surface area (TPSA) is 68.5 Å². The molecule has 1 aliphatic heterocycles. The minimum Gasteiger partial charge on any atom is -0.479 e. The zero-order valence-electron chi connectivity index (χ0n) is 12.0. The molecule has 5 nitrogen and oxygen atoms in total. The predicted octanol–water partition coefficient (Wildman–Crippen LogP) is 2.29. The normalized spacial score (nSPS) is 17.3. The monoisotopic (exact) mass is 283 g/mol. The van der Waals surface area contributed by atoms with Crippen LogP contribution in [0.2, 0.25) is 0 Å². The number of nitrogens with two attached hydrogens (primary N) is 1. The lowest BCUT2D eigenvalue weighted by Gasteiger charge is -2.33. The lowest BCUT2D eigenvalue weighted by Crippen LogP contribution is -2.44. The number of carbonyl (C=O) groups excluding carboxylic acids is 1. The SMILES string of the molecule is Cc1cccc(CN2C(=O)C(C)Oc3cc(N)ccc32)n1. The Labute approximate surface area is 123 Å². The van der Waals surface area contributed by atoms with Crippen LogP contribution >= 0.6 is 0 Å². The fourth-order valence-corrected chi connectivity index (χ4v) is 2.44. The standard InChI is InChI=1S/C16H17N3O2/c1-10-4-3-5-13(18-10)9-19-14-7-6-12(17)8-15(14)21-11(2)16(19)20/h3-8,11H,9,17H2,1-2H3. The molecule has 0 radical (unpaired) electrons. The van der Waals surface area contributed by atoms with E-state index in [-0.39, 0.29) is 5.91 Å².